The third kappa shape index (κ3) is 1.60. The second kappa shape index (κ2) is 3.26. The van der Waals surface area contributed by atoms with Crippen molar-refractivity contribution in [2.75, 3.05) is 17.7 Å². The Morgan fingerprint density at radius 2 is 2.38 bits per heavy atom. The summed E-state index contributed by atoms with van der Waals surface area (Å²) in [4.78, 5) is 0. The summed E-state index contributed by atoms with van der Waals surface area (Å²) < 4.78 is 0. The summed E-state index contributed by atoms with van der Waals surface area (Å²) in [6, 6.07) is 6.18. The third-order valence-electron chi connectivity index (χ3n) is 2.41. The van der Waals surface area contributed by atoms with Crippen molar-refractivity contribution in [2.45, 2.75) is 19.1 Å². The Bertz CT molecular complexity index is 312. The highest BCUT2D eigenvalue weighted by atomic mass is 16.3. The SMILES string of the molecule is CNc1ccc2c(c1)NC(O)CC2. The van der Waals surface area contributed by atoms with Gasteiger partial charge in [-0.1, -0.05) is 6.07 Å². The number of fused-ring (bicyclic) bond motifs is 1. The van der Waals surface area contributed by atoms with E-state index in [2.05, 4.69) is 22.8 Å². The minimum atomic E-state index is -0.389. The van der Waals surface area contributed by atoms with Crippen molar-refractivity contribution in [1.82, 2.24) is 0 Å². The van der Waals surface area contributed by atoms with Crippen LogP contribution in [0.4, 0.5) is 11.4 Å². The van der Waals surface area contributed by atoms with E-state index < -0.39 is 0 Å². The minimum Gasteiger partial charge on any atom is -0.388 e. The molecule has 1 unspecified atom stereocenters. The molecule has 3 nitrogen and oxygen atoms in total. The summed E-state index contributed by atoms with van der Waals surface area (Å²) in [5.74, 6) is 0. The van der Waals surface area contributed by atoms with Crippen LogP contribution in [0.5, 0.6) is 0 Å². The van der Waals surface area contributed by atoms with Crippen LogP contribution in [0, 0.1) is 0 Å². The lowest BCUT2D eigenvalue weighted by atomic mass is 10.0. The zero-order valence-electron chi connectivity index (χ0n) is 7.67. The first-order chi connectivity index (χ1) is 6.29. The van der Waals surface area contributed by atoms with Crippen LogP contribution in [0.2, 0.25) is 0 Å². The van der Waals surface area contributed by atoms with E-state index >= 15 is 0 Å². The number of hydrogen-bond donors (Lipinski definition) is 3. The Balaban J connectivity index is 2.32. The lowest BCUT2D eigenvalue weighted by molar-refractivity contribution is 0.189. The average molecular weight is 178 g/mol. The lowest BCUT2D eigenvalue weighted by Crippen LogP contribution is -2.24. The van der Waals surface area contributed by atoms with Gasteiger partial charge in [0.2, 0.25) is 0 Å². The molecule has 3 N–H and O–H groups in total. The van der Waals surface area contributed by atoms with Crippen molar-refractivity contribution >= 4 is 11.4 Å². The van der Waals surface area contributed by atoms with Gasteiger partial charge in [-0.2, -0.15) is 0 Å². The molecule has 0 aromatic heterocycles. The van der Waals surface area contributed by atoms with Crippen LogP contribution < -0.4 is 10.6 Å². The number of aliphatic hydroxyl groups is 1. The average Bonchev–Trinajstić information content (AvgIpc) is 2.16. The molecule has 0 radical (unpaired) electrons. The molecule has 0 saturated carbocycles. The van der Waals surface area contributed by atoms with Gasteiger partial charge in [-0.05, 0) is 30.5 Å². The van der Waals surface area contributed by atoms with Gasteiger partial charge in [0, 0.05) is 18.4 Å². The smallest absolute Gasteiger partial charge is 0.124 e. The molecular formula is C10H14N2O. The fourth-order valence-electron chi connectivity index (χ4n) is 1.63. The van der Waals surface area contributed by atoms with Crippen LogP contribution in [0.25, 0.3) is 0 Å². The Hall–Kier alpha value is -1.22. The molecule has 0 saturated heterocycles. The molecule has 1 aromatic rings. The second-order valence-electron chi connectivity index (χ2n) is 3.32. The van der Waals surface area contributed by atoms with E-state index in [9.17, 15) is 5.11 Å². The molecule has 70 valence electrons. The topological polar surface area (TPSA) is 44.3 Å². The van der Waals surface area contributed by atoms with Crippen molar-refractivity contribution in [3.63, 3.8) is 0 Å². The number of hydrogen-bond acceptors (Lipinski definition) is 3. The van der Waals surface area contributed by atoms with Crippen molar-refractivity contribution in [3.05, 3.63) is 23.8 Å². The molecular weight excluding hydrogens is 164 g/mol. The zero-order valence-corrected chi connectivity index (χ0v) is 7.67. The monoisotopic (exact) mass is 178 g/mol. The predicted octanol–water partition coefficient (Wildman–Crippen LogP) is 1.40. The van der Waals surface area contributed by atoms with Gasteiger partial charge >= 0.3 is 0 Å². The number of nitrogens with one attached hydrogen (secondary N) is 2. The standard InChI is InChI=1S/C10H14N2O/c1-11-8-4-2-7-3-5-10(13)12-9(7)6-8/h2,4,6,10-13H,3,5H2,1H3. The molecule has 0 bridgehead atoms. The Morgan fingerprint density at radius 3 is 3.15 bits per heavy atom. The molecule has 13 heavy (non-hydrogen) atoms. The van der Waals surface area contributed by atoms with Gasteiger partial charge in [0.05, 0.1) is 0 Å². The maximum absolute atomic E-state index is 9.39. The zero-order chi connectivity index (χ0) is 9.26. The number of rotatable bonds is 1. The van der Waals surface area contributed by atoms with E-state index in [4.69, 9.17) is 0 Å². The molecule has 1 atom stereocenters. The van der Waals surface area contributed by atoms with Crippen LogP contribution in [0.3, 0.4) is 0 Å². The lowest BCUT2D eigenvalue weighted by Gasteiger charge is -2.23. The number of benzene rings is 1. The summed E-state index contributed by atoms with van der Waals surface area (Å²) >= 11 is 0. The number of aliphatic hydroxyl groups excluding tert-OH is 1. The molecule has 1 aromatic carbocycles. The highest BCUT2D eigenvalue weighted by molar-refractivity contribution is 5.62. The molecule has 1 aliphatic heterocycles. The molecule has 0 amide bonds. The molecule has 0 fully saturated rings. The van der Waals surface area contributed by atoms with Gasteiger partial charge in [0.15, 0.2) is 0 Å². The first kappa shape index (κ1) is 8.38. The normalized spacial score (nSPS) is 20.3. The molecule has 3 heteroatoms. The van der Waals surface area contributed by atoms with Crippen molar-refractivity contribution in [2.24, 2.45) is 0 Å². The molecule has 0 spiro atoms. The Kier molecular flexibility index (Phi) is 2.10. The largest absolute Gasteiger partial charge is 0.388 e. The summed E-state index contributed by atoms with van der Waals surface area (Å²) in [5, 5.41) is 15.5. The molecule has 2 rings (SSSR count). The molecule has 0 aliphatic carbocycles. The van der Waals surface area contributed by atoms with Crippen LogP contribution in [-0.4, -0.2) is 18.4 Å². The fourth-order valence-corrected chi connectivity index (χ4v) is 1.63. The Labute approximate surface area is 77.8 Å². The van der Waals surface area contributed by atoms with Gasteiger partial charge in [-0.25, -0.2) is 0 Å². The van der Waals surface area contributed by atoms with E-state index in [1.54, 1.807) is 0 Å². The van der Waals surface area contributed by atoms with Crippen molar-refractivity contribution in [3.8, 4) is 0 Å². The second-order valence-corrected chi connectivity index (χ2v) is 3.32. The van der Waals surface area contributed by atoms with Crippen LogP contribution in [-0.2, 0) is 6.42 Å². The maximum atomic E-state index is 9.39. The van der Waals surface area contributed by atoms with Gasteiger partial charge in [-0.3, -0.25) is 0 Å². The maximum Gasteiger partial charge on any atom is 0.124 e. The van der Waals surface area contributed by atoms with Crippen LogP contribution in [0.15, 0.2) is 18.2 Å². The van der Waals surface area contributed by atoms with Crippen LogP contribution >= 0.6 is 0 Å². The van der Waals surface area contributed by atoms with Gasteiger partial charge < -0.3 is 15.7 Å². The van der Waals surface area contributed by atoms with Gasteiger partial charge in [0.1, 0.15) is 6.23 Å². The summed E-state index contributed by atoms with van der Waals surface area (Å²) in [6.07, 6.45) is 1.36. The summed E-state index contributed by atoms with van der Waals surface area (Å²) in [6.45, 7) is 0. The number of aryl methyl sites for hydroxylation is 1. The highest BCUT2D eigenvalue weighted by Crippen LogP contribution is 2.26. The van der Waals surface area contributed by atoms with Crippen molar-refractivity contribution < 1.29 is 5.11 Å². The fraction of sp³-hybridized carbons (Fsp3) is 0.400. The van der Waals surface area contributed by atoms with Crippen molar-refractivity contribution in [1.29, 1.82) is 0 Å². The highest BCUT2D eigenvalue weighted by Gasteiger charge is 2.14. The quantitative estimate of drug-likeness (QED) is 0.609. The van der Waals surface area contributed by atoms with E-state index in [-0.39, 0.29) is 6.23 Å². The predicted molar refractivity (Wildman–Crippen MR) is 53.9 cm³/mol. The molecule has 1 aliphatic rings. The summed E-state index contributed by atoms with van der Waals surface area (Å²) in [5.41, 5.74) is 3.40. The van der Waals surface area contributed by atoms with E-state index in [0.717, 1.165) is 24.2 Å². The van der Waals surface area contributed by atoms with Crippen LogP contribution in [0.1, 0.15) is 12.0 Å². The first-order valence-corrected chi connectivity index (χ1v) is 4.55. The Morgan fingerprint density at radius 1 is 1.54 bits per heavy atom. The van der Waals surface area contributed by atoms with Gasteiger partial charge in [0.25, 0.3) is 0 Å². The molecule has 1 heterocycles. The third-order valence-corrected chi connectivity index (χ3v) is 2.41. The minimum absolute atomic E-state index is 0.389. The summed E-state index contributed by atoms with van der Waals surface area (Å²) in [7, 11) is 1.89. The first-order valence-electron chi connectivity index (χ1n) is 4.55. The van der Waals surface area contributed by atoms with Gasteiger partial charge in [-0.15, -0.1) is 0 Å². The number of anilines is 2. The van der Waals surface area contributed by atoms with E-state index in [1.807, 2.05) is 13.1 Å². The van der Waals surface area contributed by atoms with E-state index in [1.165, 1.54) is 5.56 Å². The van der Waals surface area contributed by atoms with E-state index in [0.29, 0.717) is 0 Å².